The fraction of sp³-hybridized carbons (Fsp3) is 0.476. The molecule has 31 heavy (non-hydrogen) atoms. The predicted octanol–water partition coefficient (Wildman–Crippen LogP) is 2.19. The number of carbonyl (C=O) groups excluding carboxylic acids is 2. The summed E-state index contributed by atoms with van der Waals surface area (Å²) < 4.78 is 28.9. The van der Waals surface area contributed by atoms with Crippen LogP contribution in [0.5, 0.6) is 0 Å². The molecule has 0 spiro atoms. The molecule has 2 atom stereocenters. The maximum absolute atomic E-state index is 13.7. The number of likely N-dealkylation sites (tertiary alicyclic amines) is 1. The first kappa shape index (κ1) is 20.6. The van der Waals surface area contributed by atoms with E-state index >= 15 is 0 Å². The van der Waals surface area contributed by atoms with Crippen LogP contribution in [0.2, 0.25) is 0 Å². The van der Waals surface area contributed by atoms with Crippen molar-refractivity contribution in [2.24, 2.45) is 5.92 Å². The lowest BCUT2D eigenvalue weighted by molar-refractivity contribution is -0.120. The molecule has 3 aliphatic rings. The van der Waals surface area contributed by atoms with Crippen LogP contribution in [-0.4, -0.2) is 65.6 Å². The summed E-state index contributed by atoms with van der Waals surface area (Å²) >= 11 is 1.36. The van der Waals surface area contributed by atoms with Gasteiger partial charge in [-0.2, -0.15) is 4.31 Å². The molecule has 1 saturated heterocycles. The van der Waals surface area contributed by atoms with Crippen molar-refractivity contribution in [2.45, 2.75) is 49.7 Å². The van der Waals surface area contributed by atoms with Gasteiger partial charge in [0, 0.05) is 31.2 Å². The number of hydrogen-bond acceptors (Lipinski definition) is 6. The molecule has 164 valence electrons. The minimum absolute atomic E-state index is 0.0585. The Morgan fingerprint density at radius 2 is 1.87 bits per heavy atom. The largest absolute Gasteiger partial charge is 0.334 e. The maximum Gasteiger partial charge on any atom is 0.264 e. The van der Waals surface area contributed by atoms with E-state index in [0.29, 0.717) is 4.88 Å². The predicted molar refractivity (Wildman–Crippen MR) is 116 cm³/mol. The molecular weight excluding hydrogens is 436 g/mol. The van der Waals surface area contributed by atoms with E-state index < -0.39 is 22.1 Å². The number of pyridine rings is 1. The highest BCUT2D eigenvalue weighted by Gasteiger charge is 2.54. The van der Waals surface area contributed by atoms with Crippen molar-refractivity contribution in [3.8, 4) is 0 Å². The van der Waals surface area contributed by atoms with E-state index in [-0.39, 0.29) is 47.6 Å². The average Bonchev–Trinajstić information content (AvgIpc) is 3.30. The Kier molecular flexibility index (Phi) is 4.91. The Morgan fingerprint density at radius 1 is 1.13 bits per heavy atom. The third-order valence-electron chi connectivity index (χ3n) is 6.14. The summed E-state index contributed by atoms with van der Waals surface area (Å²) in [6.45, 7) is 4.16. The van der Waals surface area contributed by atoms with E-state index in [2.05, 4.69) is 4.98 Å². The number of nitrogens with zero attached hydrogens (tertiary/aromatic N) is 4. The highest BCUT2D eigenvalue weighted by Crippen LogP contribution is 2.42. The Hall–Kier alpha value is -2.30. The maximum atomic E-state index is 13.7. The van der Waals surface area contributed by atoms with Crippen molar-refractivity contribution >= 4 is 39.0 Å². The lowest BCUT2D eigenvalue weighted by Gasteiger charge is -2.34. The second kappa shape index (κ2) is 7.39. The molecule has 2 aromatic rings. The molecule has 5 rings (SSSR count). The van der Waals surface area contributed by atoms with E-state index in [1.165, 1.54) is 27.9 Å². The van der Waals surface area contributed by atoms with Crippen molar-refractivity contribution < 1.29 is 18.0 Å². The quantitative estimate of drug-likeness (QED) is 0.700. The van der Waals surface area contributed by atoms with E-state index in [1.807, 2.05) is 25.3 Å². The molecule has 2 unspecified atom stereocenters. The van der Waals surface area contributed by atoms with E-state index in [9.17, 15) is 18.0 Å². The monoisotopic (exact) mass is 460 g/mol. The van der Waals surface area contributed by atoms with Crippen molar-refractivity contribution in [1.29, 1.82) is 0 Å². The SMILES string of the molecule is CC(C)N1C2CN(C(=O)c3cccs3)CC2N(C(=O)C2CC2)c2ncccc2S1(=O)=O. The highest BCUT2D eigenvalue weighted by molar-refractivity contribution is 7.89. The van der Waals surface area contributed by atoms with Crippen LogP contribution >= 0.6 is 11.3 Å². The zero-order chi connectivity index (χ0) is 21.9. The van der Waals surface area contributed by atoms with Gasteiger partial charge in [0.25, 0.3) is 5.91 Å². The molecule has 0 N–H and O–H groups in total. The zero-order valence-electron chi connectivity index (χ0n) is 17.3. The van der Waals surface area contributed by atoms with Gasteiger partial charge in [0.05, 0.1) is 17.0 Å². The molecule has 2 amide bonds. The number of fused-ring (bicyclic) bond motifs is 2. The molecule has 0 radical (unpaired) electrons. The highest BCUT2D eigenvalue weighted by atomic mass is 32.2. The molecule has 0 bridgehead atoms. The topological polar surface area (TPSA) is 90.9 Å². The minimum atomic E-state index is -3.91. The third-order valence-corrected chi connectivity index (χ3v) is 9.12. The zero-order valence-corrected chi connectivity index (χ0v) is 19.0. The number of anilines is 1. The van der Waals surface area contributed by atoms with Gasteiger partial charge in [0.2, 0.25) is 15.9 Å². The second-order valence-electron chi connectivity index (χ2n) is 8.56. The fourth-order valence-electron chi connectivity index (χ4n) is 4.66. The summed E-state index contributed by atoms with van der Waals surface area (Å²) in [5.41, 5.74) is 0. The van der Waals surface area contributed by atoms with Crippen molar-refractivity contribution in [3.63, 3.8) is 0 Å². The van der Waals surface area contributed by atoms with Crippen molar-refractivity contribution in [1.82, 2.24) is 14.2 Å². The van der Waals surface area contributed by atoms with Crippen LogP contribution in [0.1, 0.15) is 36.4 Å². The average molecular weight is 461 g/mol. The van der Waals surface area contributed by atoms with Crippen molar-refractivity contribution in [3.05, 3.63) is 40.7 Å². The molecule has 2 aliphatic heterocycles. The van der Waals surface area contributed by atoms with Crippen molar-refractivity contribution in [2.75, 3.05) is 18.0 Å². The molecule has 1 saturated carbocycles. The Morgan fingerprint density at radius 3 is 2.52 bits per heavy atom. The number of thiophene rings is 1. The van der Waals surface area contributed by atoms with Gasteiger partial charge in [0.1, 0.15) is 4.90 Å². The number of amides is 2. The van der Waals surface area contributed by atoms with Gasteiger partial charge in [-0.3, -0.25) is 14.5 Å². The standard InChI is InChI=1S/C21H24N4O4S2/c1-13(2)25-16-12-23(21(27)17-5-4-10-30-17)11-15(16)24(20(26)14-7-8-14)19-18(31(25,28)29)6-3-9-22-19/h3-6,9-10,13-16H,7-8,11-12H2,1-2H3. The molecule has 4 heterocycles. The molecule has 2 fully saturated rings. The summed E-state index contributed by atoms with van der Waals surface area (Å²) in [7, 11) is -3.91. The van der Waals surface area contributed by atoms with Gasteiger partial charge in [-0.1, -0.05) is 6.07 Å². The molecular formula is C21H24N4O4S2. The number of hydrogen-bond donors (Lipinski definition) is 0. The van der Waals surface area contributed by atoms with Crippen LogP contribution in [0.25, 0.3) is 0 Å². The van der Waals surface area contributed by atoms with Crippen LogP contribution in [0.4, 0.5) is 5.82 Å². The van der Waals surface area contributed by atoms with Crippen LogP contribution < -0.4 is 4.90 Å². The first-order valence-electron chi connectivity index (χ1n) is 10.4. The Labute approximate surface area is 185 Å². The second-order valence-corrected chi connectivity index (χ2v) is 11.3. The van der Waals surface area contributed by atoms with E-state index in [1.54, 1.807) is 21.9 Å². The van der Waals surface area contributed by atoms with Gasteiger partial charge in [-0.05, 0) is 50.3 Å². The van der Waals surface area contributed by atoms with Crippen LogP contribution in [0.15, 0.2) is 40.7 Å². The lowest BCUT2D eigenvalue weighted by Crippen LogP contribution is -2.54. The van der Waals surface area contributed by atoms with Gasteiger partial charge in [-0.15, -0.1) is 11.3 Å². The Balaban J connectivity index is 1.65. The van der Waals surface area contributed by atoms with Crippen LogP contribution in [-0.2, 0) is 14.8 Å². The fourth-order valence-corrected chi connectivity index (χ4v) is 7.33. The molecule has 8 nitrogen and oxygen atoms in total. The number of rotatable bonds is 3. The lowest BCUT2D eigenvalue weighted by atomic mass is 10.1. The molecule has 1 aliphatic carbocycles. The van der Waals surface area contributed by atoms with Crippen LogP contribution in [0.3, 0.4) is 0 Å². The van der Waals surface area contributed by atoms with Gasteiger partial charge in [0.15, 0.2) is 5.82 Å². The third kappa shape index (κ3) is 3.28. The molecule has 2 aromatic heterocycles. The van der Waals surface area contributed by atoms with E-state index in [4.69, 9.17) is 0 Å². The molecule has 10 heteroatoms. The minimum Gasteiger partial charge on any atom is -0.334 e. The smallest absolute Gasteiger partial charge is 0.264 e. The van der Waals surface area contributed by atoms with Crippen LogP contribution in [0, 0.1) is 5.92 Å². The number of aromatic nitrogens is 1. The van der Waals surface area contributed by atoms with Gasteiger partial charge >= 0.3 is 0 Å². The summed E-state index contributed by atoms with van der Waals surface area (Å²) in [6, 6.07) is 5.34. The number of carbonyl (C=O) groups is 2. The molecule has 0 aromatic carbocycles. The summed E-state index contributed by atoms with van der Waals surface area (Å²) in [5, 5.41) is 1.84. The van der Waals surface area contributed by atoms with Gasteiger partial charge in [-0.25, -0.2) is 13.4 Å². The number of sulfonamides is 1. The normalized spacial score (nSPS) is 25.3. The first-order valence-corrected chi connectivity index (χ1v) is 12.8. The first-order chi connectivity index (χ1) is 14.8. The summed E-state index contributed by atoms with van der Waals surface area (Å²) in [4.78, 5) is 34.8. The summed E-state index contributed by atoms with van der Waals surface area (Å²) in [5.74, 6) is -0.153. The summed E-state index contributed by atoms with van der Waals surface area (Å²) in [6.07, 6.45) is 3.12. The van der Waals surface area contributed by atoms with E-state index in [0.717, 1.165) is 12.8 Å². The van der Waals surface area contributed by atoms with Gasteiger partial charge < -0.3 is 4.90 Å². The Bertz CT molecular complexity index is 1130.